The minimum Gasteiger partial charge on any atom is -0.446 e. The topological polar surface area (TPSA) is 109 Å². The van der Waals surface area contributed by atoms with Crippen LogP contribution in [0.15, 0.2) is 29.3 Å². The first kappa shape index (κ1) is 22.4. The Hall–Kier alpha value is -3.02. The zero-order chi connectivity index (χ0) is 23.9. The molecule has 9 nitrogen and oxygen atoms in total. The molecule has 182 valence electrons. The van der Waals surface area contributed by atoms with Gasteiger partial charge in [0.15, 0.2) is 0 Å². The third kappa shape index (κ3) is 4.51. The fraction of sp³-hybridized carbons (Fsp3) is 0.417. The lowest BCUT2D eigenvalue weighted by molar-refractivity contribution is 0.0410. The van der Waals surface area contributed by atoms with Crippen molar-refractivity contribution in [3.8, 4) is 0 Å². The molecule has 2 aliphatic rings. The van der Waals surface area contributed by atoms with Crippen LogP contribution in [0.2, 0.25) is 0 Å². The first-order valence-electron chi connectivity index (χ1n) is 11.7. The summed E-state index contributed by atoms with van der Waals surface area (Å²) in [6.45, 7) is 1.34. The fourth-order valence-electron chi connectivity index (χ4n) is 4.84. The average molecular weight is 512 g/mol. The van der Waals surface area contributed by atoms with Crippen molar-refractivity contribution >= 4 is 60.7 Å². The molecule has 2 unspecified atom stereocenters. The van der Waals surface area contributed by atoms with Gasteiger partial charge in [0.25, 0.3) is 0 Å². The third-order valence-corrected chi connectivity index (χ3v) is 8.57. The SMILES string of the molecule is CN(CC1CCCO1)C(=O)OC1CCc2c(sc3ncnc(Nc4ccc5[nH]c(=O)sc5c4)c23)C1. The maximum Gasteiger partial charge on any atom is 0.409 e. The second kappa shape index (κ2) is 9.21. The number of rotatable bonds is 5. The lowest BCUT2D eigenvalue weighted by atomic mass is 9.94. The average Bonchev–Trinajstić information content (AvgIpc) is 3.56. The predicted octanol–water partition coefficient (Wildman–Crippen LogP) is 4.44. The number of thiazole rings is 1. The van der Waals surface area contributed by atoms with Gasteiger partial charge in [0.2, 0.25) is 0 Å². The quantitative estimate of drug-likeness (QED) is 0.408. The van der Waals surface area contributed by atoms with Crippen molar-refractivity contribution < 1.29 is 14.3 Å². The molecule has 4 heterocycles. The molecule has 0 saturated carbocycles. The summed E-state index contributed by atoms with van der Waals surface area (Å²) in [6.07, 6.45) is 5.50. The van der Waals surface area contributed by atoms with Gasteiger partial charge in [-0.3, -0.25) is 4.79 Å². The van der Waals surface area contributed by atoms with Crippen molar-refractivity contribution in [3.63, 3.8) is 0 Å². The summed E-state index contributed by atoms with van der Waals surface area (Å²) in [5.41, 5.74) is 2.92. The molecular formula is C24H25N5O4S2. The van der Waals surface area contributed by atoms with E-state index in [1.807, 2.05) is 18.2 Å². The monoisotopic (exact) mass is 511 g/mol. The molecule has 1 fully saturated rings. The molecule has 1 saturated heterocycles. The van der Waals surface area contributed by atoms with E-state index in [1.54, 1.807) is 29.6 Å². The van der Waals surface area contributed by atoms with Gasteiger partial charge in [0.1, 0.15) is 23.1 Å². The zero-order valence-electron chi connectivity index (χ0n) is 19.2. The summed E-state index contributed by atoms with van der Waals surface area (Å²) in [5.74, 6) is 0.751. The van der Waals surface area contributed by atoms with Crippen LogP contribution in [-0.4, -0.2) is 58.4 Å². The van der Waals surface area contributed by atoms with Crippen LogP contribution in [0.1, 0.15) is 29.7 Å². The highest BCUT2D eigenvalue weighted by atomic mass is 32.1. The highest BCUT2D eigenvalue weighted by Gasteiger charge is 2.29. The summed E-state index contributed by atoms with van der Waals surface area (Å²) in [4.78, 5) is 39.8. The van der Waals surface area contributed by atoms with E-state index in [9.17, 15) is 9.59 Å². The second-order valence-corrected chi connectivity index (χ2v) is 11.1. The van der Waals surface area contributed by atoms with Crippen LogP contribution in [0.25, 0.3) is 20.4 Å². The van der Waals surface area contributed by atoms with E-state index in [2.05, 4.69) is 20.3 Å². The van der Waals surface area contributed by atoms with Crippen LogP contribution in [0.5, 0.6) is 0 Å². The summed E-state index contributed by atoms with van der Waals surface area (Å²) in [7, 11) is 1.77. The van der Waals surface area contributed by atoms with Crippen LogP contribution in [0, 0.1) is 0 Å². The first-order valence-corrected chi connectivity index (χ1v) is 13.4. The number of carbonyl (C=O) groups is 1. The number of carbonyl (C=O) groups excluding carboxylic acids is 1. The second-order valence-electron chi connectivity index (χ2n) is 9.02. The smallest absolute Gasteiger partial charge is 0.409 e. The van der Waals surface area contributed by atoms with Gasteiger partial charge in [-0.1, -0.05) is 11.3 Å². The number of aromatic amines is 1. The molecular weight excluding hydrogens is 486 g/mol. The minimum absolute atomic E-state index is 0.0678. The van der Waals surface area contributed by atoms with Gasteiger partial charge in [-0.05, 0) is 49.4 Å². The van der Waals surface area contributed by atoms with Crippen molar-refractivity contribution in [2.45, 2.75) is 44.3 Å². The number of H-pyrrole nitrogens is 1. The minimum atomic E-state index is -0.292. The van der Waals surface area contributed by atoms with Gasteiger partial charge >= 0.3 is 11.0 Å². The number of benzene rings is 1. The molecule has 1 aliphatic heterocycles. The summed E-state index contributed by atoms with van der Waals surface area (Å²) >= 11 is 2.82. The summed E-state index contributed by atoms with van der Waals surface area (Å²) in [5, 5.41) is 4.44. The van der Waals surface area contributed by atoms with Crippen LogP contribution < -0.4 is 10.2 Å². The summed E-state index contributed by atoms with van der Waals surface area (Å²) < 4.78 is 12.4. The molecule has 35 heavy (non-hydrogen) atoms. The van der Waals surface area contributed by atoms with Gasteiger partial charge in [0, 0.05) is 37.2 Å². The number of nitrogens with zero attached hydrogens (tertiary/aromatic N) is 3. The van der Waals surface area contributed by atoms with Gasteiger partial charge in [-0.25, -0.2) is 14.8 Å². The van der Waals surface area contributed by atoms with Gasteiger partial charge in [0.05, 0.1) is 21.7 Å². The number of fused-ring (bicyclic) bond motifs is 4. The van der Waals surface area contributed by atoms with Crippen molar-refractivity contribution in [2.75, 3.05) is 25.5 Å². The van der Waals surface area contributed by atoms with Gasteiger partial charge in [-0.2, -0.15) is 0 Å². The number of aryl methyl sites for hydroxylation is 1. The standard InChI is InChI=1S/C24H25N5O4S2/c1-29(11-15-3-2-8-32-15)24(31)33-14-5-6-16-18(10-14)34-22-20(16)21(25-12-26-22)27-13-4-7-17-19(9-13)35-23(30)28-17/h4,7,9,12,14-15H,2-3,5-6,8,10-11H2,1H3,(H,28,30)(H,25,26,27). The van der Waals surface area contributed by atoms with Crippen molar-refractivity contribution in [1.29, 1.82) is 0 Å². The highest BCUT2D eigenvalue weighted by Crippen LogP contribution is 2.39. The lowest BCUT2D eigenvalue weighted by Gasteiger charge is -2.26. The molecule has 1 amide bonds. The van der Waals surface area contributed by atoms with Crippen LogP contribution in [-0.2, 0) is 22.3 Å². The Morgan fingerprint density at radius 2 is 2.23 bits per heavy atom. The normalized spacial score (nSPS) is 19.7. The Morgan fingerprint density at radius 1 is 1.31 bits per heavy atom. The van der Waals surface area contributed by atoms with Crippen LogP contribution in [0.3, 0.4) is 0 Å². The number of hydrogen-bond acceptors (Lipinski definition) is 9. The molecule has 1 aliphatic carbocycles. The van der Waals surface area contributed by atoms with Crippen molar-refractivity contribution in [1.82, 2.24) is 19.9 Å². The largest absolute Gasteiger partial charge is 0.446 e. The molecule has 1 aromatic carbocycles. The third-order valence-electron chi connectivity index (χ3n) is 6.56. The van der Waals surface area contributed by atoms with Gasteiger partial charge < -0.3 is 24.7 Å². The number of likely N-dealkylation sites (N-methyl/N-ethyl adjacent to an activating group) is 1. The number of anilines is 2. The first-order chi connectivity index (χ1) is 17.0. The molecule has 6 rings (SSSR count). The number of nitrogens with one attached hydrogen (secondary N) is 2. The molecule has 0 radical (unpaired) electrons. The van der Waals surface area contributed by atoms with E-state index in [0.717, 1.165) is 64.2 Å². The molecule has 0 spiro atoms. The number of hydrogen-bond donors (Lipinski definition) is 2. The fourth-order valence-corrected chi connectivity index (χ4v) is 6.86. The molecule has 2 N–H and O–H groups in total. The van der Waals surface area contributed by atoms with Crippen molar-refractivity contribution in [2.24, 2.45) is 0 Å². The van der Waals surface area contributed by atoms with E-state index in [1.165, 1.54) is 21.8 Å². The van der Waals surface area contributed by atoms with E-state index in [-0.39, 0.29) is 23.2 Å². The Morgan fingerprint density at radius 3 is 3.09 bits per heavy atom. The highest BCUT2D eigenvalue weighted by molar-refractivity contribution is 7.19. The van der Waals surface area contributed by atoms with E-state index in [4.69, 9.17) is 9.47 Å². The number of ether oxygens (including phenoxy) is 2. The molecule has 4 aromatic rings. The summed E-state index contributed by atoms with van der Waals surface area (Å²) in [6, 6.07) is 5.78. The Labute approximate surface area is 209 Å². The Balaban J connectivity index is 1.19. The maximum atomic E-state index is 12.6. The zero-order valence-corrected chi connectivity index (χ0v) is 20.8. The Kier molecular flexibility index (Phi) is 5.91. The molecule has 11 heteroatoms. The van der Waals surface area contributed by atoms with Crippen LogP contribution >= 0.6 is 22.7 Å². The van der Waals surface area contributed by atoms with E-state index in [0.29, 0.717) is 13.0 Å². The molecule has 2 atom stereocenters. The number of amides is 1. The number of thiophene rings is 1. The molecule has 3 aromatic heterocycles. The molecule has 0 bridgehead atoms. The lowest BCUT2D eigenvalue weighted by Crippen LogP contribution is -2.37. The maximum absolute atomic E-state index is 12.6. The van der Waals surface area contributed by atoms with Crippen molar-refractivity contribution in [3.05, 3.63) is 44.6 Å². The number of aromatic nitrogens is 3. The van der Waals surface area contributed by atoms with E-state index < -0.39 is 0 Å². The predicted molar refractivity (Wildman–Crippen MR) is 137 cm³/mol. The Bertz CT molecular complexity index is 1460. The van der Waals surface area contributed by atoms with E-state index >= 15 is 0 Å². The van der Waals surface area contributed by atoms with Gasteiger partial charge in [-0.15, -0.1) is 11.3 Å². The van der Waals surface area contributed by atoms with Crippen LogP contribution in [0.4, 0.5) is 16.3 Å².